The smallest absolute Gasteiger partial charge is 0.193 e. The summed E-state index contributed by atoms with van der Waals surface area (Å²) in [5.74, 6) is 0.00311. The molecule has 4 heteroatoms. The van der Waals surface area contributed by atoms with Crippen molar-refractivity contribution >= 4 is 22.8 Å². The highest BCUT2D eigenvalue weighted by molar-refractivity contribution is 6.09. The van der Waals surface area contributed by atoms with Crippen LogP contribution in [0.1, 0.15) is 15.9 Å². The highest BCUT2D eigenvalue weighted by Crippen LogP contribution is 2.22. The van der Waals surface area contributed by atoms with Crippen LogP contribution in [0.4, 0.5) is 17.1 Å². The first-order valence-corrected chi connectivity index (χ1v) is 8.02. The van der Waals surface area contributed by atoms with Crippen molar-refractivity contribution in [1.29, 1.82) is 0 Å². The highest BCUT2D eigenvalue weighted by Gasteiger charge is 2.07. The minimum absolute atomic E-state index is 0.00311. The van der Waals surface area contributed by atoms with Crippen molar-refractivity contribution in [1.82, 2.24) is 0 Å². The maximum atomic E-state index is 12.4. The van der Waals surface area contributed by atoms with Gasteiger partial charge in [-0.15, -0.1) is 0 Å². The van der Waals surface area contributed by atoms with E-state index in [9.17, 15) is 4.79 Å². The SMILES string of the molecule is CN(C)c1ccc(N=Nc2ccc(C(=O)c3ccccc3)cc2)cc1. The third kappa shape index (κ3) is 4.18. The van der Waals surface area contributed by atoms with Gasteiger partial charge in [0.1, 0.15) is 0 Å². The van der Waals surface area contributed by atoms with Gasteiger partial charge in [-0.25, -0.2) is 0 Å². The molecule has 0 fully saturated rings. The van der Waals surface area contributed by atoms with Crippen LogP contribution in [0.15, 0.2) is 89.1 Å². The molecule has 4 nitrogen and oxygen atoms in total. The number of benzene rings is 3. The second-order valence-corrected chi connectivity index (χ2v) is 5.85. The maximum Gasteiger partial charge on any atom is 0.193 e. The highest BCUT2D eigenvalue weighted by atomic mass is 16.1. The molecular formula is C21H19N3O. The van der Waals surface area contributed by atoms with E-state index in [0.29, 0.717) is 16.8 Å². The molecular weight excluding hydrogens is 310 g/mol. The van der Waals surface area contributed by atoms with Gasteiger partial charge in [0.25, 0.3) is 0 Å². The first-order chi connectivity index (χ1) is 12.1. The largest absolute Gasteiger partial charge is 0.378 e. The lowest BCUT2D eigenvalue weighted by molar-refractivity contribution is 0.103. The Bertz CT molecular complexity index is 867. The van der Waals surface area contributed by atoms with Gasteiger partial charge in [0, 0.05) is 30.9 Å². The van der Waals surface area contributed by atoms with Crippen molar-refractivity contribution in [2.45, 2.75) is 0 Å². The van der Waals surface area contributed by atoms with Gasteiger partial charge in [-0.05, 0) is 48.5 Å². The molecule has 0 aliphatic heterocycles. The van der Waals surface area contributed by atoms with Crippen molar-refractivity contribution in [3.05, 3.63) is 90.0 Å². The van der Waals surface area contributed by atoms with E-state index in [0.717, 1.165) is 11.4 Å². The first kappa shape index (κ1) is 16.6. The molecule has 0 radical (unpaired) electrons. The number of hydrogen-bond donors (Lipinski definition) is 0. The molecule has 0 aliphatic rings. The van der Waals surface area contributed by atoms with Gasteiger partial charge in [-0.3, -0.25) is 4.79 Å². The summed E-state index contributed by atoms with van der Waals surface area (Å²) in [5, 5.41) is 8.46. The molecule has 0 N–H and O–H groups in total. The van der Waals surface area contributed by atoms with Crippen molar-refractivity contribution in [2.24, 2.45) is 10.2 Å². The number of carbonyl (C=O) groups excluding carboxylic acids is 1. The van der Waals surface area contributed by atoms with Gasteiger partial charge in [-0.1, -0.05) is 30.3 Å². The van der Waals surface area contributed by atoms with Crippen LogP contribution in [0.5, 0.6) is 0 Å². The lowest BCUT2D eigenvalue weighted by Gasteiger charge is -2.11. The Labute approximate surface area is 147 Å². The van der Waals surface area contributed by atoms with Crippen LogP contribution in [-0.2, 0) is 0 Å². The van der Waals surface area contributed by atoms with Gasteiger partial charge in [0.15, 0.2) is 5.78 Å². The third-order valence-corrected chi connectivity index (χ3v) is 3.81. The van der Waals surface area contributed by atoms with E-state index in [-0.39, 0.29) is 5.78 Å². The summed E-state index contributed by atoms with van der Waals surface area (Å²) in [6.45, 7) is 0. The van der Waals surface area contributed by atoms with E-state index >= 15 is 0 Å². The number of nitrogens with zero attached hydrogens (tertiary/aromatic N) is 3. The lowest BCUT2D eigenvalue weighted by atomic mass is 10.0. The Kier molecular flexibility index (Phi) is 5.00. The maximum absolute atomic E-state index is 12.4. The zero-order chi connectivity index (χ0) is 17.6. The van der Waals surface area contributed by atoms with E-state index in [1.165, 1.54) is 0 Å². The van der Waals surface area contributed by atoms with Crippen molar-refractivity contribution in [3.63, 3.8) is 0 Å². The third-order valence-electron chi connectivity index (χ3n) is 3.81. The number of rotatable bonds is 5. The molecule has 3 rings (SSSR count). The second kappa shape index (κ2) is 7.53. The summed E-state index contributed by atoms with van der Waals surface area (Å²) in [5.41, 5.74) is 3.93. The number of azo groups is 1. The molecule has 0 atom stereocenters. The zero-order valence-electron chi connectivity index (χ0n) is 14.3. The van der Waals surface area contributed by atoms with E-state index in [1.54, 1.807) is 24.3 Å². The molecule has 0 amide bonds. The van der Waals surface area contributed by atoms with E-state index < -0.39 is 0 Å². The molecule has 0 aliphatic carbocycles. The van der Waals surface area contributed by atoms with Crippen LogP contribution in [-0.4, -0.2) is 19.9 Å². The van der Waals surface area contributed by atoms with E-state index in [1.807, 2.05) is 73.6 Å². The minimum Gasteiger partial charge on any atom is -0.378 e. The van der Waals surface area contributed by atoms with Crippen molar-refractivity contribution in [2.75, 3.05) is 19.0 Å². The monoisotopic (exact) mass is 329 g/mol. The van der Waals surface area contributed by atoms with Crippen LogP contribution in [0.2, 0.25) is 0 Å². The zero-order valence-corrected chi connectivity index (χ0v) is 14.3. The number of ketones is 1. The van der Waals surface area contributed by atoms with Gasteiger partial charge in [-0.2, -0.15) is 10.2 Å². The van der Waals surface area contributed by atoms with Crippen molar-refractivity contribution in [3.8, 4) is 0 Å². The van der Waals surface area contributed by atoms with E-state index in [4.69, 9.17) is 0 Å². The average Bonchev–Trinajstić information content (AvgIpc) is 2.67. The Morgan fingerprint density at radius 1 is 0.680 bits per heavy atom. The predicted octanol–water partition coefficient (Wildman–Crippen LogP) is 5.40. The average molecular weight is 329 g/mol. The molecule has 3 aromatic rings. The molecule has 0 spiro atoms. The summed E-state index contributed by atoms with van der Waals surface area (Å²) >= 11 is 0. The molecule has 0 saturated carbocycles. The summed E-state index contributed by atoms with van der Waals surface area (Å²) < 4.78 is 0. The molecule has 0 bridgehead atoms. The molecule has 124 valence electrons. The number of hydrogen-bond acceptors (Lipinski definition) is 4. The second-order valence-electron chi connectivity index (χ2n) is 5.85. The molecule has 0 aromatic heterocycles. The Balaban J connectivity index is 1.71. The first-order valence-electron chi connectivity index (χ1n) is 8.02. The quantitative estimate of drug-likeness (QED) is 0.465. The number of anilines is 1. The lowest BCUT2D eigenvalue weighted by Crippen LogP contribution is -2.07. The summed E-state index contributed by atoms with van der Waals surface area (Å²) in [6.07, 6.45) is 0. The fourth-order valence-electron chi connectivity index (χ4n) is 2.37. The van der Waals surface area contributed by atoms with Crippen LogP contribution in [0, 0.1) is 0 Å². The van der Waals surface area contributed by atoms with Crippen LogP contribution in [0.25, 0.3) is 0 Å². The normalized spacial score (nSPS) is 10.8. The van der Waals surface area contributed by atoms with Gasteiger partial charge in [0.2, 0.25) is 0 Å². The Hall–Kier alpha value is -3.27. The topological polar surface area (TPSA) is 45.0 Å². The summed E-state index contributed by atoms with van der Waals surface area (Å²) in [4.78, 5) is 14.4. The number of carbonyl (C=O) groups is 1. The fraction of sp³-hybridized carbons (Fsp3) is 0.0952. The minimum atomic E-state index is 0.00311. The van der Waals surface area contributed by atoms with Crippen LogP contribution >= 0.6 is 0 Å². The Morgan fingerprint density at radius 3 is 1.68 bits per heavy atom. The molecule has 0 saturated heterocycles. The van der Waals surface area contributed by atoms with Gasteiger partial charge in [0.05, 0.1) is 11.4 Å². The fourth-order valence-corrected chi connectivity index (χ4v) is 2.37. The van der Waals surface area contributed by atoms with Crippen LogP contribution in [0.3, 0.4) is 0 Å². The van der Waals surface area contributed by atoms with Gasteiger partial charge < -0.3 is 4.90 Å². The van der Waals surface area contributed by atoms with Gasteiger partial charge >= 0.3 is 0 Å². The van der Waals surface area contributed by atoms with Crippen LogP contribution < -0.4 is 4.90 Å². The summed E-state index contributed by atoms with van der Waals surface area (Å²) in [6, 6.07) is 24.2. The predicted molar refractivity (Wildman–Crippen MR) is 101 cm³/mol. The Morgan fingerprint density at radius 2 is 1.16 bits per heavy atom. The van der Waals surface area contributed by atoms with Crippen molar-refractivity contribution < 1.29 is 4.79 Å². The molecule has 0 unspecified atom stereocenters. The van der Waals surface area contributed by atoms with E-state index in [2.05, 4.69) is 10.2 Å². The summed E-state index contributed by atoms with van der Waals surface area (Å²) in [7, 11) is 3.99. The standard InChI is InChI=1S/C21H19N3O/c1-24(2)20-14-12-19(13-15-20)23-22-18-10-8-17(9-11-18)21(25)16-6-4-3-5-7-16/h3-15H,1-2H3. The molecule has 25 heavy (non-hydrogen) atoms. The molecule has 0 heterocycles. The molecule has 3 aromatic carbocycles.